The van der Waals surface area contributed by atoms with E-state index in [1.54, 1.807) is 0 Å². The first-order valence-corrected chi connectivity index (χ1v) is 9.38. The number of allylic oxidation sites excluding steroid dienone is 2. The largest absolute Gasteiger partial charge is 0.293 e. The van der Waals surface area contributed by atoms with Crippen LogP contribution in [0.1, 0.15) is 36.8 Å². The van der Waals surface area contributed by atoms with Crippen LogP contribution in [0.2, 0.25) is 0 Å². The van der Waals surface area contributed by atoms with E-state index in [2.05, 4.69) is 46.4 Å². The molecule has 0 spiro atoms. The molecule has 0 amide bonds. The van der Waals surface area contributed by atoms with Crippen molar-refractivity contribution in [3.63, 3.8) is 0 Å². The van der Waals surface area contributed by atoms with Gasteiger partial charge in [-0.2, -0.15) is 0 Å². The van der Waals surface area contributed by atoms with E-state index >= 15 is 0 Å². The fraction of sp³-hybridized carbons (Fsp3) is 0.250. The monoisotopic (exact) mass is 344 g/mol. The number of hydrogen-bond donors (Lipinski definition) is 0. The average molecular weight is 345 g/mol. The Kier molecular flexibility index (Phi) is 10.2. The second-order valence-corrected chi connectivity index (χ2v) is 6.06. The summed E-state index contributed by atoms with van der Waals surface area (Å²) in [5, 5.41) is 0. The maximum atomic E-state index is 4.42. The molecule has 0 bridgehead atoms. The van der Waals surface area contributed by atoms with E-state index in [0.717, 1.165) is 25.9 Å². The third kappa shape index (κ3) is 9.53. The first-order valence-electron chi connectivity index (χ1n) is 9.38. The van der Waals surface area contributed by atoms with Gasteiger partial charge in [0.1, 0.15) is 0 Å². The summed E-state index contributed by atoms with van der Waals surface area (Å²) in [6.45, 7) is 1.81. The van der Waals surface area contributed by atoms with Crippen LogP contribution in [-0.4, -0.2) is 25.5 Å². The van der Waals surface area contributed by atoms with Gasteiger partial charge in [-0.15, -0.1) is 0 Å². The van der Waals surface area contributed by atoms with Gasteiger partial charge in [-0.1, -0.05) is 85.7 Å². The van der Waals surface area contributed by atoms with Gasteiger partial charge in [0.05, 0.1) is 0 Å². The number of hydrogen-bond acceptors (Lipinski definition) is 2. The summed E-state index contributed by atoms with van der Waals surface area (Å²) in [5.74, 6) is 0. The zero-order chi connectivity index (χ0) is 18.1. The lowest BCUT2D eigenvalue weighted by Gasteiger charge is -1.96. The zero-order valence-corrected chi connectivity index (χ0v) is 15.4. The Labute approximate surface area is 157 Å². The topological polar surface area (TPSA) is 24.7 Å². The number of rotatable bonds is 11. The smallest absolute Gasteiger partial charge is 0.0389 e. The number of unbranched alkanes of at least 4 members (excludes halogenated alkanes) is 3. The van der Waals surface area contributed by atoms with Crippen LogP contribution in [0.15, 0.2) is 82.8 Å². The maximum absolute atomic E-state index is 4.42. The first kappa shape index (κ1) is 19.6. The van der Waals surface area contributed by atoms with Gasteiger partial charge in [-0.3, -0.25) is 9.98 Å². The third-order valence-electron chi connectivity index (χ3n) is 3.88. The molecule has 2 aromatic rings. The predicted molar refractivity (Wildman–Crippen MR) is 116 cm³/mol. The van der Waals surface area contributed by atoms with Gasteiger partial charge in [-0.05, 0) is 36.1 Å². The van der Waals surface area contributed by atoms with Crippen molar-refractivity contribution in [1.82, 2.24) is 0 Å². The fourth-order valence-electron chi connectivity index (χ4n) is 2.47. The van der Waals surface area contributed by atoms with Crippen molar-refractivity contribution in [3.05, 3.63) is 83.9 Å². The van der Waals surface area contributed by atoms with Crippen molar-refractivity contribution in [2.24, 2.45) is 9.98 Å². The molecule has 2 aromatic carbocycles. The van der Waals surface area contributed by atoms with Gasteiger partial charge >= 0.3 is 0 Å². The van der Waals surface area contributed by atoms with E-state index in [1.165, 1.54) is 24.0 Å². The summed E-state index contributed by atoms with van der Waals surface area (Å²) in [6.07, 6.45) is 16.7. The molecule has 0 N–H and O–H groups in total. The molecule has 0 aromatic heterocycles. The molecule has 134 valence electrons. The molecule has 0 unspecified atom stereocenters. The summed E-state index contributed by atoms with van der Waals surface area (Å²) in [6, 6.07) is 20.6. The first-order chi connectivity index (χ1) is 12.9. The molecule has 26 heavy (non-hydrogen) atoms. The van der Waals surface area contributed by atoms with E-state index in [9.17, 15) is 0 Å². The highest BCUT2D eigenvalue weighted by Crippen LogP contribution is 2.02. The SMILES string of the molecule is C(=C\c1ccccc1)/C=N/CCCCCC/N=C/C=C/c1ccccc1. The van der Waals surface area contributed by atoms with Crippen LogP contribution in [0.3, 0.4) is 0 Å². The van der Waals surface area contributed by atoms with E-state index < -0.39 is 0 Å². The quantitative estimate of drug-likeness (QED) is 0.347. The standard InChI is InChI=1S/C24H28N2/c1(9-19-25-21-11-17-23-13-5-3-6-14-23)2-10-20-26-22-12-18-24-15-7-4-8-16-24/h3-8,11-18,21-22H,1-2,9-10,19-20H2/b17-11+,18-12+,25-21+,26-22+. The molecule has 0 atom stereocenters. The summed E-state index contributed by atoms with van der Waals surface area (Å²) in [5.41, 5.74) is 2.41. The van der Waals surface area contributed by atoms with Gasteiger partial charge in [0.2, 0.25) is 0 Å². The normalized spacial score (nSPS) is 12.2. The molecule has 0 saturated heterocycles. The number of nitrogens with zero attached hydrogens (tertiary/aromatic N) is 2. The number of benzene rings is 2. The summed E-state index contributed by atoms with van der Waals surface area (Å²) < 4.78 is 0. The molecule has 0 saturated carbocycles. The second-order valence-electron chi connectivity index (χ2n) is 6.06. The molecular weight excluding hydrogens is 316 g/mol. The molecule has 0 radical (unpaired) electrons. The Morgan fingerprint density at radius 2 is 0.962 bits per heavy atom. The Morgan fingerprint density at radius 3 is 1.38 bits per heavy atom. The minimum absolute atomic E-state index is 0.905. The van der Waals surface area contributed by atoms with Crippen LogP contribution in [0.5, 0.6) is 0 Å². The zero-order valence-electron chi connectivity index (χ0n) is 15.4. The van der Waals surface area contributed by atoms with Gasteiger partial charge < -0.3 is 0 Å². The van der Waals surface area contributed by atoms with Crippen molar-refractivity contribution in [2.75, 3.05) is 13.1 Å². The Morgan fingerprint density at radius 1 is 0.538 bits per heavy atom. The van der Waals surface area contributed by atoms with Crippen LogP contribution in [0.4, 0.5) is 0 Å². The maximum Gasteiger partial charge on any atom is 0.0389 e. The number of aliphatic imine (C=N–C) groups is 2. The average Bonchev–Trinajstić information content (AvgIpc) is 2.70. The molecule has 0 heterocycles. The van der Waals surface area contributed by atoms with Crippen molar-refractivity contribution in [2.45, 2.75) is 25.7 Å². The molecule has 2 heteroatoms. The third-order valence-corrected chi connectivity index (χ3v) is 3.88. The van der Waals surface area contributed by atoms with Crippen LogP contribution >= 0.6 is 0 Å². The Balaban J connectivity index is 1.44. The van der Waals surface area contributed by atoms with Crippen molar-refractivity contribution in [1.29, 1.82) is 0 Å². The van der Waals surface area contributed by atoms with Crippen LogP contribution in [-0.2, 0) is 0 Å². The van der Waals surface area contributed by atoms with E-state index in [-0.39, 0.29) is 0 Å². The van der Waals surface area contributed by atoms with E-state index in [4.69, 9.17) is 0 Å². The summed E-state index contributed by atoms with van der Waals surface area (Å²) >= 11 is 0. The van der Waals surface area contributed by atoms with Crippen LogP contribution < -0.4 is 0 Å². The van der Waals surface area contributed by atoms with E-state index in [1.807, 2.05) is 61.0 Å². The molecule has 2 nitrogen and oxygen atoms in total. The molecular formula is C24H28N2. The van der Waals surface area contributed by atoms with Gasteiger partial charge in [-0.25, -0.2) is 0 Å². The van der Waals surface area contributed by atoms with Crippen LogP contribution in [0, 0.1) is 0 Å². The van der Waals surface area contributed by atoms with Gasteiger partial charge in [0.15, 0.2) is 0 Å². The lowest BCUT2D eigenvalue weighted by atomic mass is 10.2. The minimum atomic E-state index is 0.905. The van der Waals surface area contributed by atoms with Crippen LogP contribution in [0.25, 0.3) is 12.2 Å². The molecule has 0 fully saturated rings. The van der Waals surface area contributed by atoms with Crippen molar-refractivity contribution >= 4 is 24.6 Å². The Bertz CT molecular complexity index is 634. The molecule has 2 rings (SSSR count). The van der Waals surface area contributed by atoms with Gasteiger partial charge in [0, 0.05) is 25.5 Å². The molecule has 0 aliphatic rings. The second kappa shape index (κ2) is 13.5. The molecule has 0 aliphatic heterocycles. The Hall–Kier alpha value is -2.74. The predicted octanol–water partition coefficient (Wildman–Crippen LogP) is 6.12. The lowest BCUT2D eigenvalue weighted by Crippen LogP contribution is -1.86. The lowest BCUT2D eigenvalue weighted by molar-refractivity contribution is 0.655. The van der Waals surface area contributed by atoms with Gasteiger partial charge in [0.25, 0.3) is 0 Å². The van der Waals surface area contributed by atoms with Crippen molar-refractivity contribution < 1.29 is 0 Å². The minimum Gasteiger partial charge on any atom is -0.293 e. The summed E-state index contributed by atoms with van der Waals surface area (Å²) in [7, 11) is 0. The summed E-state index contributed by atoms with van der Waals surface area (Å²) in [4.78, 5) is 8.85. The highest BCUT2D eigenvalue weighted by atomic mass is 14.7. The highest BCUT2D eigenvalue weighted by Gasteiger charge is 1.88. The van der Waals surface area contributed by atoms with Crippen molar-refractivity contribution in [3.8, 4) is 0 Å². The highest BCUT2D eigenvalue weighted by molar-refractivity contribution is 5.78. The fourth-order valence-corrected chi connectivity index (χ4v) is 2.47. The van der Waals surface area contributed by atoms with E-state index in [0.29, 0.717) is 0 Å². The molecule has 0 aliphatic carbocycles.